The second-order valence-corrected chi connectivity index (χ2v) is 8.66. The zero-order chi connectivity index (χ0) is 19.7. The summed E-state index contributed by atoms with van der Waals surface area (Å²) < 4.78 is 11.1. The van der Waals surface area contributed by atoms with Crippen molar-refractivity contribution in [3.8, 4) is 0 Å². The summed E-state index contributed by atoms with van der Waals surface area (Å²) in [6.45, 7) is 10.7. The zero-order valence-corrected chi connectivity index (χ0v) is 20.3. The molecule has 8 heteroatoms. The standard InChI is InChI=1S/C20H38N4O3.HI/c1-20(2,3)27-19(25)24-11-8-16(9-12-24)14-23-18(21-4)22-10-5-13-26-15-17-6-7-17;/h16-17H,5-15H2,1-4H3,(H2,21,22,23);1H. The minimum atomic E-state index is -0.434. The number of rotatable bonds is 8. The van der Waals surface area contributed by atoms with Crippen LogP contribution in [0.2, 0.25) is 0 Å². The first-order valence-electron chi connectivity index (χ1n) is 10.4. The number of ether oxygens (including phenoxy) is 2. The fourth-order valence-corrected chi connectivity index (χ4v) is 3.02. The highest BCUT2D eigenvalue weighted by Crippen LogP contribution is 2.28. The number of carbonyl (C=O) groups excluding carboxylic acids is 1. The maximum absolute atomic E-state index is 12.1. The van der Waals surface area contributed by atoms with Crippen molar-refractivity contribution in [3.63, 3.8) is 0 Å². The number of nitrogens with one attached hydrogen (secondary N) is 2. The van der Waals surface area contributed by atoms with Gasteiger partial charge in [0.15, 0.2) is 5.96 Å². The number of likely N-dealkylation sites (tertiary alicyclic amines) is 1. The van der Waals surface area contributed by atoms with E-state index in [4.69, 9.17) is 9.47 Å². The van der Waals surface area contributed by atoms with Gasteiger partial charge in [0, 0.05) is 46.4 Å². The van der Waals surface area contributed by atoms with Crippen LogP contribution in [0.25, 0.3) is 0 Å². The largest absolute Gasteiger partial charge is 0.444 e. The molecule has 164 valence electrons. The SMILES string of the molecule is CN=C(NCCCOCC1CC1)NCC1CCN(C(=O)OC(C)(C)C)CC1.I. The van der Waals surface area contributed by atoms with Crippen LogP contribution in [0.15, 0.2) is 4.99 Å². The summed E-state index contributed by atoms with van der Waals surface area (Å²) in [7, 11) is 1.80. The Bertz CT molecular complexity index is 484. The zero-order valence-electron chi connectivity index (χ0n) is 18.0. The predicted molar refractivity (Wildman–Crippen MR) is 123 cm³/mol. The number of hydrogen-bond acceptors (Lipinski definition) is 4. The molecular formula is C20H39IN4O3. The molecule has 1 saturated heterocycles. The van der Waals surface area contributed by atoms with Crippen molar-refractivity contribution < 1.29 is 14.3 Å². The molecule has 1 heterocycles. The van der Waals surface area contributed by atoms with Gasteiger partial charge < -0.3 is 25.0 Å². The molecule has 1 aliphatic heterocycles. The van der Waals surface area contributed by atoms with E-state index in [1.807, 2.05) is 25.7 Å². The molecule has 0 radical (unpaired) electrons. The molecule has 0 aromatic rings. The molecule has 2 N–H and O–H groups in total. The molecule has 2 rings (SSSR count). The lowest BCUT2D eigenvalue weighted by Gasteiger charge is -2.33. The Kier molecular flexibility index (Phi) is 11.5. The Morgan fingerprint density at radius 1 is 1.11 bits per heavy atom. The van der Waals surface area contributed by atoms with Gasteiger partial charge in [-0.3, -0.25) is 4.99 Å². The van der Waals surface area contributed by atoms with Gasteiger partial charge in [-0.05, 0) is 64.7 Å². The molecule has 1 aliphatic carbocycles. The van der Waals surface area contributed by atoms with E-state index >= 15 is 0 Å². The number of halogens is 1. The van der Waals surface area contributed by atoms with E-state index in [9.17, 15) is 4.79 Å². The van der Waals surface area contributed by atoms with Crippen molar-refractivity contribution >= 4 is 36.0 Å². The molecule has 28 heavy (non-hydrogen) atoms. The summed E-state index contributed by atoms with van der Waals surface area (Å²) in [6.07, 6.45) is 5.44. The number of piperidine rings is 1. The Balaban J connectivity index is 0.00000392. The molecule has 7 nitrogen and oxygen atoms in total. The Hall–Kier alpha value is -0.770. The molecule has 1 amide bonds. The number of amides is 1. The minimum Gasteiger partial charge on any atom is -0.444 e. The average molecular weight is 510 g/mol. The third-order valence-electron chi connectivity index (χ3n) is 4.86. The normalized spacial score (nSPS) is 18.4. The van der Waals surface area contributed by atoms with Gasteiger partial charge in [0.05, 0.1) is 0 Å². The maximum Gasteiger partial charge on any atom is 0.410 e. The van der Waals surface area contributed by atoms with Crippen LogP contribution in [0.4, 0.5) is 4.79 Å². The lowest BCUT2D eigenvalue weighted by Crippen LogP contribution is -2.45. The molecule has 0 spiro atoms. The van der Waals surface area contributed by atoms with Crippen LogP contribution in [0.3, 0.4) is 0 Å². The van der Waals surface area contributed by atoms with Crippen molar-refractivity contribution in [1.29, 1.82) is 0 Å². The van der Waals surface area contributed by atoms with Gasteiger partial charge in [-0.1, -0.05) is 0 Å². The van der Waals surface area contributed by atoms with Gasteiger partial charge in [0.1, 0.15) is 5.60 Å². The highest BCUT2D eigenvalue weighted by Gasteiger charge is 2.26. The predicted octanol–water partition coefficient (Wildman–Crippen LogP) is 3.23. The van der Waals surface area contributed by atoms with Gasteiger partial charge in [-0.25, -0.2) is 4.79 Å². The molecule has 1 saturated carbocycles. The number of guanidine groups is 1. The molecule has 0 aromatic heterocycles. The summed E-state index contributed by atoms with van der Waals surface area (Å²) in [6, 6.07) is 0. The summed E-state index contributed by atoms with van der Waals surface area (Å²) in [5, 5.41) is 6.74. The van der Waals surface area contributed by atoms with Gasteiger partial charge in [-0.15, -0.1) is 24.0 Å². The number of nitrogens with zero attached hydrogens (tertiary/aromatic N) is 2. The number of carbonyl (C=O) groups is 1. The second-order valence-electron chi connectivity index (χ2n) is 8.66. The molecule has 2 aliphatic rings. The lowest BCUT2D eigenvalue weighted by atomic mass is 9.97. The van der Waals surface area contributed by atoms with Crippen molar-refractivity contribution in [1.82, 2.24) is 15.5 Å². The molecule has 2 fully saturated rings. The number of hydrogen-bond donors (Lipinski definition) is 2. The third-order valence-corrected chi connectivity index (χ3v) is 4.86. The van der Waals surface area contributed by atoms with Crippen LogP contribution >= 0.6 is 24.0 Å². The maximum atomic E-state index is 12.1. The van der Waals surface area contributed by atoms with E-state index in [0.717, 1.165) is 70.5 Å². The van der Waals surface area contributed by atoms with Crippen LogP contribution in [0.1, 0.15) is 52.9 Å². The van der Waals surface area contributed by atoms with Gasteiger partial charge in [-0.2, -0.15) is 0 Å². The quantitative estimate of drug-likeness (QED) is 0.227. The van der Waals surface area contributed by atoms with E-state index in [-0.39, 0.29) is 30.1 Å². The van der Waals surface area contributed by atoms with Gasteiger partial charge in [0.2, 0.25) is 0 Å². The van der Waals surface area contributed by atoms with Crippen molar-refractivity contribution in [3.05, 3.63) is 0 Å². The fraction of sp³-hybridized carbons (Fsp3) is 0.900. The second kappa shape index (κ2) is 12.7. The van der Waals surface area contributed by atoms with Crippen LogP contribution in [0, 0.1) is 11.8 Å². The lowest BCUT2D eigenvalue weighted by molar-refractivity contribution is 0.0185. The Morgan fingerprint density at radius 3 is 2.36 bits per heavy atom. The molecule has 0 bridgehead atoms. The summed E-state index contributed by atoms with van der Waals surface area (Å²) in [5.74, 6) is 2.21. The van der Waals surface area contributed by atoms with Crippen LogP contribution < -0.4 is 10.6 Å². The molecule has 0 unspecified atom stereocenters. The Labute approximate surface area is 187 Å². The summed E-state index contributed by atoms with van der Waals surface area (Å²) in [4.78, 5) is 18.2. The highest BCUT2D eigenvalue weighted by molar-refractivity contribution is 14.0. The van der Waals surface area contributed by atoms with Gasteiger partial charge >= 0.3 is 6.09 Å². The average Bonchev–Trinajstić information content (AvgIpc) is 3.44. The molecule has 0 aromatic carbocycles. The summed E-state index contributed by atoms with van der Waals surface area (Å²) >= 11 is 0. The fourth-order valence-electron chi connectivity index (χ4n) is 3.02. The van der Waals surface area contributed by atoms with E-state index in [1.165, 1.54) is 12.8 Å². The Morgan fingerprint density at radius 2 is 1.79 bits per heavy atom. The monoisotopic (exact) mass is 510 g/mol. The van der Waals surface area contributed by atoms with Crippen LogP contribution in [0.5, 0.6) is 0 Å². The van der Waals surface area contributed by atoms with Crippen molar-refractivity contribution in [2.24, 2.45) is 16.8 Å². The highest BCUT2D eigenvalue weighted by atomic mass is 127. The van der Waals surface area contributed by atoms with Crippen LogP contribution in [-0.4, -0.2) is 69.0 Å². The van der Waals surface area contributed by atoms with Crippen molar-refractivity contribution in [2.75, 3.05) is 46.4 Å². The summed E-state index contributed by atoms with van der Waals surface area (Å²) in [5.41, 5.74) is -0.434. The first-order valence-corrected chi connectivity index (χ1v) is 10.4. The topological polar surface area (TPSA) is 75.2 Å². The van der Waals surface area contributed by atoms with E-state index < -0.39 is 5.60 Å². The number of aliphatic imine (C=N–C) groups is 1. The first kappa shape index (κ1) is 25.3. The van der Waals surface area contributed by atoms with E-state index in [1.54, 1.807) is 7.05 Å². The van der Waals surface area contributed by atoms with Crippen LogP contribution in [-0.2, 0) is 9.47 Å². The van der Waals surface area contributed by atoms with E-state index in [0.29, 0.717) is 5.92 Å². The van der Waals surface area contributed by atoms with Gasteiger partial charge in [0.25, 0.3) is 0 Å². The third kappa shape index (κ3) is 10.7. The first-order chi connectivity index (χ1) is 12.9. The van der Waals surface area contributed by atoms with E-state index in [2.05, 4.69) is 15.6 Å². The minimum absolute atomic E-state index is 0. The smallest absolute Gasteiger partial charge is 0.410 e. The molecular weight excluding hydrogens is 471 g/mol. The molecule has 0 atom stereocenters. The van der Waals surface area contributed by atoms with Crippen molar-refractivity contribution in [2.45, 2.75) is 58.5 Å².